The molecule has 17 unspecified atom stereocenters. The van der Waals surface area contributed by atoms with Gasteiger partial charge in [-0.25, -0.2) is 0 Å². The van der Waals surface area contributed by atoms with Crippen molar-refractivity contribution in [1.29, 1.82) is 0 Å². The smallest absolute Gasteiger partial charge is 0.0631 e. The highest BCUT2D eigenvalue weighted by Gasteiger charge is 2.55. The van der Waals surface area contributed by atoms with Crippen molar-refractivity contribution in [2.75, 3.05) is 0 Å². The van der Waals surface area contributed by atoms with Crippen LogP contribution >= 0.6 is 0 Å². The zero-order valence-electron chi connectivity index (χ0n) is 28.2. The fourth-order valence-corrected chi connectivity index (χ4v) is 13.2. The maximum Gasteiger partial charge on any atom is 0.0631 e. The lowest BCUT2D eigenvalue weighted by Gasteiger charge is -2.39. The predicted octanol–water partition coefficient (Wildman–Crippen LogP) is 4.41. The Balaban J connectivity index is 1.04. The summed E-state index contributed by atoms with van der Waals surface area (Å²) in [5.41, 5.74) is 0. The summed E-state index contributed by atoms with van der Waals surface area (Å²) in [5, 5.41) is 34.3. The van der Waals surface area contributed by atoms with Gasteiger partial charge in [0, 0.05) is 0 Å². The third-order valence-electron chi connectivity index (χ3n) is 15.2. The first kappa shape index (κ1) is 30.7. The van der Waals surface area contributed by atoms with E-state index in [0.717, 1.165) is 53.3 Å². The van der Waals surface area contributed by atoms with E-state index in [9.17, 15) is 0 Å². The van der Waals surface area contributed by atoms with Crippen LogP contribution in [0.4, 0.5) is 0 Å². The molecule has 0 aromatic carbocycles. The van der Waals surface area contributed by atoms with Gasteiger partial charge in [0.15, 0.2) is 0 Å². The van der Waals surface area contributed by atoms with Crippen molar-refractivity contribution >= 4 is 0 Å². The van der Waals surface area contributed by atoms with Crippen LogP contribution in [0, 0.1) is 53.3 Å². The lowest BCUT2D eigenvalue weighted by atomic mass is 9.69. The zero-order chi connectivity index (χ0) is 29.9. The van der Waals surface area contributed by atoms with Gasteiger partial charge in [0.1, 0.15) is 0 Å². The van der Waals surface area contributed by atoms with Gasteiger partial charge in [0.2, 0.25) is 0 Å². The Hall–Kier alpha value is -0.320. The normalized spacial score (nSPS) is 54.2. The summed E-state index contributed by atoms with van der Waals surface area (Å²) in [6.45, 7) is 2.37. The van der Waals surface area contributed by atoms with Crippen LogP contribution < -0.4 is 42.5 Å². The summed E-state index contributed by atoms with van der Waals surface area (Å²) in [6, 6.07) is 0. The van der Waals surface area contributed by atoms with Gasteiger partial charge in [-0.05, 0) is 98.2 Å². The van der Waals surface area contributed by atoms with Crippen molar-refractivity contribution in [2.45, 2.75) is 178 Å². The van der Waals surface area contributed by atoms with Gasteiger partial charge in [0.05, 0.1) is 49.3 Å². The van der Waals surface area contributed by atoms with E-state index in [1.807, 2.05) is 0 Å². The SMILES string of the molecule is CCCCCC1CCCC2C3NC4NC(NC5NC(NC6NC(NC(N3)C12)C1CCCCC61)C1CCCCC51)C1CCCCC41. The van der Waals surface area contributed by atoms with Crippen LogP contribution in [0.5, 0.6) is 0 Å². The molecule has 9 rings (SSSR count). The molecule has 0 aromatic heterocycles. The molecule has 9 fully saturated rings. The maximum atomic E-state index is 4.38. The molecule has 8 heteroatoms. The van der Waals surface area contributed by atoms with Crippen molar-refractivity contribution < 1.29 is 0 Å². The van der Waals surface area contributed by atoms with E-state index in [0.29, 0.717) is 49.3 Å². The summed E-state index contributed by atoms with van der Waals surface area (Å²) < 4.78 is 0. The molecule has 0 amide bonds. The van der Waals surface area contributed by atoms with E-state index in [1.54, 1.807) is 0 Å². The van der Waals surface area contributed by atoms with Gasteiger partial charge in [0.25, 0.3) is 0 Å². The molecule has 17 atom stereocenters. The van der Waals surface area contributed by atoms with Crippen LogP contribution in [-0.4, -0.2) is 49.3 Å². The molecular formula is C37H66N8. The zero-order valence-corrected chi connectivity index (χ0v) is 28.2. The Bertz CT molecular complexity index is 1010. The Kier molecular flexibility index (Phi) is 9.00. The average molecular weight is 623 g/mol. The quantitative estimate of drug-likeness (QED) is 0.219. The van der Waals surface area contributed by atoms with E-state index in [1.165, 1.54) is 122 Å². The number of nitrogens with one attached hydrogen (secondary N) is 8. The first-order chi connectivity index (χ1) is 22.2. The minimum Gasteiger partial charge on any atom is -0.286 e. The molecule has 0 radical (unpaired) electrons. The molecule has 4 saturated carbocycles. The lowest BCUT2D eigenvalue weighted by molar-refractivity contribution is 0.115. The molecule has 0 aromatic rings. The molecule has 4 aliphatic carbocycles. The largest absolute Gasteiger partial charge is 0.286 e. The van der Waals surface area contributed by atoms with Crippen molar-refractivity contribution in [2.24, 2.45) is 53.3 Å². The lowest BCUT2D eigenvalue weighted by Crippen LogP contribution is -2.61. The first-order valence-corrected chi connectivity index (χ1v) is 20.3. The highest BCUT2D eigenvalue weighted by molar-refractivity contribution is 5.09. The van der Waals surface area contributed by atoms with Crippen LogP contribution in [0.1, 0.15) is 129 Å². The molecule has 8 bridgehead atoms. The van der Waals surface area contributed by atoms with Gasteiger partial charge < -0.3 is 0 Å². The fourth-order valence-electron chi connectivity index (χ4n) is 13.2. The van der Waals surface area contributed by atoms with E-state index >= 15 is 0 Å². The topological polar surface area (TPSA) is 96.2 Å². The minimum absolute atomic E-state index is 0.403. The second-order valence-electron chi connectivity index (χ2n) is 17.4. The highest BCUT2D eigenvalue weighted by Crippen LogP contribution is 2.47. The van der Waals surface area contributed by atoms with E-state index < -0.39 is 0 Å². The monoisotopic (exact) mass is 623 g/mol. The molecular weight excluding hydrogens is 556 g/mol. The molecule has 5 heterocycles. The van der Waals surface area contributed by atoms with Gasteiger partial charge >= 0.3 is 0 Å². The molecule has 45 heavy (non-hydrogen) atoms. The Morgan fingerprint density at radius 1 is 0.356 bits per heavy atom. The van der Waals surface area contributed by atoms with Gasteiger partial charge in [-0.3, -0.25) is 42.5 Å². The third kappa shape index (κ3) is 5.67. The van der Waals surface area contributed by atoms with Crippen LogP contribution in [0.2, 0.25) is 0 Å². The van der Waals surface area contributed by atoms with Crippen molar-refractivity contribution in [3.8, 4) is 0 Å². The number of hydrogen-bond donors (Lipinski definition) is 8. The molecule has 254 valence electrons. The van der Waals surface area contributed by atoms with Gasteiger partial charge in [-0.2, -0.15) is 0 Å². The molecule has 9 aliphatic rings. The Labute approximate surface area is 273 Å². The molecule has 5 saturated heterocycles. The van der Waals surface area contributed by atoms with Crippen molar-refractivity contribution in [3.63, 3.8) is 0 Å². The number of rotatable bonds is 4. The molecule has 8 N–H and O–H groups in total. The van der Waals surface area contributed by atoms with E-state index in [4.69, 9.17) is 0 Å². The number of unbranched alkanes of at least 4 members (excludes halogenated alkanes) is 2. The maximum absolute atomic E-state index is 4.38. The highest BCUT2D eigenvalue weighted by atomic mass is 15.4. The fraction of sp³-hybridized carbons (Fsp3) is 1.00. The summed E-state index contributed by atoms with van der Waals surface area (Å²) in [4.78, 5) is 0. The van der Waals surface area contributed by atoms with Crippen LogP contribution in [0.25, 0.3) is 0 Å². The summed E-state index contributed by atoms with van der Waals surface area (Å²) in [7, 11) is 0. The standard InChI is InChI=1S/C37H66N8/c1-2-3-4-12-21-13-11-20-28-29(21)37-44-35-27-19-10-9-18-26(27)33(42-35)40-31-23-15-6-5-14-22(23)30(38-31)39-32-24-16-7-8-17-25(24)34(41-32)43-36(28)45-37/h21-45H,2-20H2,1H3. The van der Waals surface area contributed by atoms with E-state index in [2.05, 4.69) is 49.5 Å². The second kappa shape index (κ2) is 13.2. The third-order valence-corrected chi connectivity index (χ3v) is 15.2. The molecule has 5 aliphatic heterocycles. The summed E-state index contributed by atoms with van der Waals surface area (Å²) >= 11 is 0. The average Bonchev–Trinajstić information content (AvgIpc) is 3.81. The van der Waals surface area contributed by atoms with Gasteiger partial charge in [-0.1, -0.05) is 84.0 Å². The minimum atomic E-state index is 0.403. The van der Waals surface area contributed by atoms with Crippen molar-refractivity contribution in [1.82, 2.24) is 42.5 Å². The summed E-state index contributed by atoms with van der Waals surface area (Å²) in [6.07, 6.45) is 29.7. The van der Waals surface area contributed by atoms with Gasteiger partial charge in [-0.15, -0.1) is 0 Å². The van der Waals surface area contributed by atoms with Crippen molar-refractivity contribution in [3.05, 3.63) is 0 Å². The Morgan fingerprint density at radius 2 is 0.689 bits per heavy atom. The van der Waals surface area contributed by atoms with Crippen LogP contribution in [0.15, 0.2) is 0 Å². The first-order valence-electron chi connectivity index (χ1n) is 20.3. The van der Waals surface area contributed by atoms with Crippen LogP contribution in [0.3, 0.4) is 0 Å². The number of hydrogen-bond acceptors (Lipinski definition) is 8. The predicted molar refractivity (Wildman–Crippen MR) is 180 cm³/mol. The number of fused-ring (bicyclic) bond motifs is 20. The second-order valence-corrected chi connectivity index (χ2v) is 17.4. The summed E-state index contributed by atoms with van der Waals surface area (Å²) in [5.74, 6) is 6.74. The molecule has 0 spiro atoms. The van der Waals surface area contributed by atoms with E-state index in [-0.39, 0.29) is 0 Å². The van der Waals surface area contributed by atoms with Crippen LogP contribution in [-0.2, 0) is 0 Å². The Morgan fingerprint density at radius 3 is 1.07 bits per heavy atom. The molecule has 8 nitrogen and oxygen atoms in total.